The first kappa shape index (κ1) is 26.6. The summed E-state index contributed by atoms with van der Waals surface area (Å²) in [6, 6.07) is 18.5. The number of methoxy groups -OCH3 is 1. The Bertz CT molecular complexity index is 1720. The molecule has 0 saturated carbocycles. The molecule has 41 heavy (non-hydrogen) atoms. The number of benzene rings is 4. The van der Waals surface area contributed by atoms with Gasteiger partial charge in [-0.05, 0) is 42.3 Å². The van der Waals surface area contributed by atoms with Gasteiger partial charge >= 0.3 is 0 Å². The SMILES string of the molecule is COc1ccc2c(c1)[C@@](C)(c1ccccc1O)C[C@@]1(N2)C(=O)N(Cc2c(F)c(F)c(F)c(F)c2F)c2ccccc21. The summed E-state index contributed by atoms with van der Waals surface area (Å²) >= 11 is 0. The van der Waals surface area contributed by atoms with Crippen molar-refractivity contribution in [3.63, 3.8) is 0 Å². The van der Waals surface area contributed by atoms with Gasteiger partial charge in [-0.25, -0.2) is 22.0 Å². The van der Waals surface area contributed by atoms with E-state index in [-0.39, 0.29) is 17.9 Å². The molecule has 1 amide bonds. The molecule has 2 aliphatic rings. The first-order chi connectivity index (χ1) is 19.5. The van der Waals surface area contributed by atoms with Crippen molar-refractivity contribution in [3.8, 4) is 11.5 Å². The number of ether oxygens (including phenoxy) is 1. The molecule has 0 bridgehead atoms. The van der Waals surface area contributed by atoms with E-state index in [1.165, 1.54) is 13.2 Å². The van der Waals surface area contributed by atoms with E-state index in [0.29, 0.717) is 22.6 Å². The molecular formula is C31H23F5N2O3. The molecular weight excluding hydrogens is 543 g/mol. The van der Waals surface area contributed by atoms with E-state index in [1.807, 2.05) is 6.92 Å². The molecule has 2 heterocycles. The highest BCUT2D eigenvalue weighted by Crippen LogP contribution is 2.57. The third-order valence-corrected chi connectivity index (χ3v) is 8.17. The Morgan fingerprint density at radius 3 is 2.12 bits per heavy atom. The van der Waals surface area contributed by atoms with Crippen molar-refractivity contribution in [1.29, 1.82) is 0 Å². The summed E-state index contributed by atoms with van der Waals surface area (Å²) < 4.78 is 76.8. The summed E-state index contributed by atoms with van der Waals surface area (Å²) in [4.78, 5) is 15.4. The lowest BCUT2D eigenvalue weighted by atomic mass is 9.63. The average Bonchev–Trinajstić information content (AvgIpc) is 3.19. The first-order valence-corrected chi connectivity index (χ1v) is 12.7. The zero-order chi connectivity index (χ0) is 29.3. The zero-order valence-electron chi connectivity index (χ0n) is 21.9. The molecule has 0 aliphatic carbocycles. The van der Waals surface area contributed by atoms with Crippen LogP contribution in [0, 0.1) is 29.1 Å². The van der Waals surface area contributed by atoms with Crippen molar-refractivity contribution in [2.75, 3.05) is 17.3 Å². The van der Waals surface area contributed by atoms with Crippen LogP contribution in [0.25, 0.3) is 0 Å². The Hall–Kier alpha value is -4.60. The molecule has 2 atom stereocenters. The normalized spacial score (nSPS) is 21.0. The number of rotatable bonds is 4. The standard InChI is InChI=1S/C31H23F5N2O3/c1-30(19-8-4-6-10-23(19)39)15-31(37-21-12-11-16(41-2)13-20(21)30)18-7-3-5-9-22(18)38(29(31)40)14-17-24(32)26(34)28(36)27(35)25(17)33/h3-13,37,39H,14-15H2,1-2H3/t30-,31+/m1/s1. The van der Waals surface area contributed by atoms with Crippen molar-refractivity contribution in [2.24, 2.45) is 0 Å². The molecule has 6 rings (SSSR count). The van der Waals surface area contributed by atoms with Crippen LogP contribution < -0.4 is 15.0 Å². The number of hydrogen-bond acceptors (Lipinski definition) is 4. The number of fused-ring (bicyclic) bond motifs is 3. The van der Waals surface area contributed by atoms with Crippen molar-refractivity contribution in [1.82, 2.24) is 0 Å². The molecule has 10 heteroatoms. The van der Waals surface area contributed by atoms with Crippen LogP contribution in [0.1, 0.15) is 35.6 Å². The third-order valence-electron chi connectivity index (χ3n) is 8.17. The van der Waals surface area contributed by atoms with Gasteiger partial charge < -0.3 is 20.1 Å². The number of phenols is 1. The minimum Gasteiger partial charge on any atom is -0.508 e. The van der Waals surface area contributed by atoms with Crippen molar-refractivity contribution in [3.05, 3.63) is 118 Å². The van der Waals surface area contributed by atoms with Gasteiger partial charge in [-0.15, -0.1) is 0 Å². The van der Waals surface area contributed by atoms with Gasteiger partial charge in [-0.3, -0.25) is 4.79 Å². The number of nitrogens with one attached hydrogen (secondary N) is 1. The van der Waals surface area contributed by atoms with Crippen LogP contribution in [0.4, 0.5) is 33.3 Å². The number of carbonyl (C=O) groups excluding carboxylic acids is 1. The Morgan fingerprint density at radius 2 is 1.46 bits per heavy atom. The Morgan fingerprint density at radius 1 is 0.854 bits per heavy atom. The number of halogens is 5. The molecule has 0 aromatic heterocycles. The van der Waals surface area contributed by atoms with Gasteiger partial charge in [0.2, 0.25) is 5.82 Å². The fourth-order valence-electron chi connectivity index (χ4n) is 6.22. The van der Waals surface area contributed by atoms with E-state index in [1.54, 1.807) is 60.7 Å². The molecule has 2 N–H and O–H groups in total. The van der Waals surface area contributed by atoms with Crippen LogP contribution in [0.15, 0.2) is 66.7 Å². The molecule has 4 aromatic carbocycles. The fourth-order valence-corrected chi connectivity index (χ4v) is 6.22. The summed E-state index contributed by atoms with van der Waals surface area (Å²) in [5.41, 5.74) is -1.12. The first-order valence-electron chi connectivity index (χ1n) is 12.7. The van der Waals surface area contributed by atoms with Crippen LogP contribution in [0.3, 0.4) is 0 Å². The number of hydrogen-bond donors (Lipinski definition) is 2. The monoisotopic (exact) mass is 566 g/mol. The maximum atomic E-state index is 14.7. The Kier molecular flexibility index (Phi) is 5.99. The van der Waals surface area contributed by atoms with E-state index in [2.05, 4.69) is 5.32 Å². The smallest absolute Gasteiger partial charge is 0.257 e. The molecule has 0 saturated heterocycles. The second-order valence-corrected chi connectivity index (χ2v) is 10.4. The molecule has 5 nitrogen and oxygen atoms in total. The van der Waals surface area contributed by atoms with E-state index in [0.717, 1.165) is 10.5 Å². The predicted octanol–water partition coefficient (Wildman–Crippen LogP) is 6.66. The molecule has 0 radical (unpaired) electrons. The van der Waals surface area contributed by atoms with Gasteiger partial charge in [0.1, 0.15) is 17.0 Å². The Balaban J connectivity index is 1.55. The highest BCUT2D eigenvalue weighted by atomic mass is 19.2. The topological polar surface area (TPSA) is 61.8 Å². The van der Waals surface area contributed by atoms with Gasteiger partial charge in [-0.2, -0.15) is 0 Å². The number of phenolic OH excluding ortho intramolecular Hbond substituents is 1. The van der Waals surface area contributed by atoms with Crippen LogP contribution in [-0.2, 0) is 22.3 Å². The summed E-state index contributed by atoms with van der Waals surface area (Å²) in [7, 11) is 1.52. The number of carbonyl (C=O) groups is 1. The zero-order valence-corrected chi connectivity index (χ0v) is 21.9. The summed E-state index contributed by atoms with van der Waals surface area (Å²) in [5, 5.41) is 14.2. The molecule has 0 unspecified atom stereocenters. The molecule has 4 aromatic rings. The molecule has 210 valence electrons. The number of anilines is 2. The summed E-state index contributed by atoms with van der Waals surface area (Å²) in [6.07, 6.45) is 0.0428. The lowest BCUT2D eigenvalue weighted by molar-refractivity contribution is -0.123. The predicted molar refractivity (Wildman–Crippen MR) is 141 cm³/mol. The third kappa shape index (κ3) is 3.69. The van der Waals surface area contributed by atoms with E-state index < -0.39 is 58.1 Å². The lowest BCUT2D eigenvalue weighted by Crippen LogP contribution is -2.53. The van der Waals surface area contributed by atoms with E-state index >= 15 is 0 Å². The largest absolute Gasteiger partial charge is 0.508 e. The van der Waals surface area contributed by atoms with Crippen molar-refractivity contribution < 1.29 is 36.6 Å². The van der Waals surface area contributed by atoms with Crippen LogP contribution in [0.2, 0.25) is 0 Å². The van der Waals surface area contributed by atoms with Gasteiger partial charge in [-0.1, -0.05) is 43.3 Å². The van der Waals surface area contributed by atoms with Crippen LogP contribution in [-0.4, -0.2) is 18.1 Å². The van der Waals surface area contributed by atoms with Gasteiger partial charge in [0, 0.05) is 27.8 Å². The highest BCUT2D eigenvalue weighted by Gasteiger charge is 2.58. The van der Waals surface area contributed by atoms with Crippen LogP contribution >= 0.6 is 0 Å². The summed E-state index contributed by atoms with van der Waals surface area (Å²) in [5.74, 6) is -10.5. The van der Waals surface area contributed by atoms with Gasteiger partial charge in [0.05, 0.1) is 19.3 Å². The van der Waals surface area contributed by atoms with Crippen molar-refractivity contribution >= 4 is 17.3 Å². The minimum atomic E-state index is -2.27. The fraction of sp³-hybridized carbons (Fsp3) is 0.194. The maximum absolute atomic E-state index is 14.7. The highest BCUT2D eigenvalue weighted by molar-refractivity contribution is 6.10. The quantitative estimate of drug-likeness (QED) is 0.165. The molecule has 1 spiro atoms. The average molecular weight is 567 g/mol. The lowest BCUT2D eigenvalue weighted by Gasteiger charge is -2.46. The van der Waals surface area contributed by atoms with Gasteiger partial charge in [0.15, 0.2) is 23.3 Å². The van der Waals surface area contributed by atoms with E-state index in [9.17, 15) is 31.9 Å². The number of amides is 1. The minimum absolute atomic E-state index is 0.00203. The van der Waals surface area contributed by atoms with Gasteiger partial charge in [0.25, 0.3) is 5.91 Å². The van der Waals surface area contributed by atoms with E-state index in [4.69, 9.17) is 4.74 Å². The number of aromatic hydroxyl groups is 1. The number of nitrogens with zero attached hydrogens (tertiary/aromatic N) is 1. The Labute approximate surface area is 231 Å². The van der Waals surface area contributed by atoms with Crippen molar-refractivity contribution in [2.45, 2.75) is 30.8 Å². The second-order valence-electron chi connectivity index (χ2n) is 10.4. The second kappa shape index (κ2) is 9.22. The summed E-state index contributed by atoms with van der Waals surface area (Å²) in [6.45, 7) is 0.972. The number of para-hydroxylation sites is 2. The molecule has 0 fully saturated rings. The molecule has 2 aliphatic heterocycles. The van der Waals surface area contributed by atoms with Crippen LogP contribution in [0.5, 0.6) is 11.5 Å². The maximum Gasteiger partial charge on any atom is 0.257 e.